The van der Waals surface area contributed by atoms with Gasteiger partial charge in [0, 0.05) is 11.5 Å². The highest BCUT2D eigenvalue weighted by Gasteiger charge is 2.51. The van der Waals surface area contributed by atoms with Crippen LogP contribution in [0.4, 0.5) is 0 Å². The lowest BCUT2D eigenvalue weighted by molar-refractivity contribution is 1.29. The summed E-state index contributed by atoms with van der Waals surface area (Å²) in [6.45, 7) is 0. The first kappa shape index (κ1) is 20.7. The maximum atomic E-state index is 7.97. The Morgan fingerprint density at radius 3 is 1.85 bits per heavy atom. The lowest BCUT2D eigenvalue weighted by Crippen LogP contribution is -2.48. The number of allylic oxidation sites excluding steroid dienone is 2. The van der Waals surface area contributed by atoms with Gasteiger partial charge in [-0.25, -0.2) is 0 Å². The van der Waals surface area contributed by atoms with Crippen LogP contribution in [0, 0.1) is 12.3 Å². The Labute approximate surface area is 205 Å². The number of fused-ring (bicyclic) bond motifs is 2. The van der Waals surface area contributed by atoms with E-state index < -0.39 is 7.38 Å². The molecular weight excluding hydrogens is 459 g/mol. The van der Waals surface area contributed by atoms with Crippen LogP contribution in [-0.2, 0) is 0 Å². The van der Waals surface area contributed by atoms with Gasteiger partial charge in [-0.1, -0.05) is 127 Å². The van der Waals surface area contributed by atoms with E-state index in [-0.39, 0.29) is 0 Å². The molecule has 0 aliphatic heterocycles. The Bertz CT molecular complexity index is 1410. The lowest BCUT2D eigenvalue weighted by atomic mass is 9.93. The van der Waals surface area contributed by atoms with E-state index in [0.717, 1.165) is 43.2 Å². The molecule has 0 spiro atoms. The molecule has 2 aliphatic carbocycles. The van der Waals surface area contributed by atoms with Crippen molar-refractivity contribution < 1.29 is 0 Å². The predicted octanol–water partition coefficient (Wildman–Crippen LogP) is 7.44. The van der Waals surface area contributed by atoms with Crippen molar-refractivity contribution in [1.29, 1.82) is 0 Å². The minimum atomic E-state index is -2.98. The van der Waals surface area contributed by atoms with Crippen molar-refractivity contribution in [2.75, 3.05) is 0 Å². The lowest BCUT2D eigenvalue weighted by Gasteiger charge is -2.32. The van der Waals surface area contributed by atoms with E-state index in [1.807, 2.05) is 18.2 Å². The van der Waals surface area contributed by atoms with Crippen LogP contribution in [0.1, 0.15) is 27.8 Å². The van der Waals surface area contributed by atoms with Crippen molar-refractivity contribution >= 4 is 46.4 Å². The average Bonchev–Trinajstić information content (AvgIpc) is 3.45. The van der Waals surface area contributed by atoms with Crippen molar-refractivity contribution in [3.63, 3.8) is 0 Å². The molecule has 4 aromatic rings. The third-order valence-electron chi connectivity index (χ3n) is 6.50. The zero-order chi connectivity index (χ0) is 22.4. The minimum Gasteiger partial charge on any atom is -0.149 e. The number of halogens is 2. The van der Waals surface area contributed by atoms with E-state index in [2.05, 4.69) is 103 Å². The summed E-state index contributed by atoms with van der Waals surface area (Å²) in [7, 11) is -2.98. The maximum Gasteiger partial charge on any atom is 0.243 e. The summed E-state index contributed by atoms with van der Waals surface area (Å²) in [5.41, 5.74) is 5.75. The SMILES string of the molecule is ClC1=C([Si](Cl)(C2=Cc3ccccc3[CH]2)c2ccccc2)[C](c2ccccc2)c2ccccc21. The van der Waals surface area contributed by atoms with Gasteiger partial charge >= 0.3 is 0 Å². The van der Waals surface area contributed by atoms with E-state index >= 15 is 0 Å². The van der Waals surface area contributed by atoms with Crippen LogP contribution in [0.5, 0.6) is 0 Å². The normalized spacial score (nSPS) is 16.8. The molecule has 6 rings (SSSR count). The second kappa shape index (κ2) is 8.18. The topological polar surface area (TPSA) is 0 Å². The molecule has 1 atom stereocenters. The van der Waals surface area contributed by atoms with Gasteiger partial charge in [0.2, 0.25) is 7.38 Å². The molecule has 0 fully saturated rings. The highest BCUT2D eigenvalue weighted by Crippen LogP contribution is 2.53. The fraction of sp³-hybridized carbons (Fsp3) is 0. The van der Waals surface area contributed by atoms with Crippen LogP contribution in [0.25, 0.3) is 11.1 Å². The summed E-state index contributed by atoms with van der Waals surface area (Å²) < 4.78 is 0. The van der Waals surface area contributed by atoms with Crippen LogP contribution >= 0.6 is 22.7 Å². The molecule has 33 heavy (non-hydrogen) atoms. The van der Waals surface area contributed by atoms with E-state index in [4.69, 9.17) is 22.7 Å². The number of hydrogen-bond acceptors (Lipinski definition) is 0. The van der Waals surface area contributed by atoms with Crippen molar-refractivity contribution in [2.45, 2.75) is 0 Å². The van der Waals surface area contributed by atoms with Gasteiger partial charge in [0.25, 0.3) is 0 Å². The molecule has 4 aromatic carbocycles. The number of hydrogen-bond donors (Lipinski definition) is 0. The molecule has 0 saturated carbocycles. The summed E-state index contributed by atoms with van der Waals surface area (Å²) >= 11 is 15.2. The maximum absolute atomic E-state index is 7.97. The molecule has 0 N–H and O–H groups in total. The van der Waals surface area contributed by atoms with Gasteiger partial charge in [0.15, 0.2) is 0 Å². The van der Waals surface area contributed by atoms with Gasteiger partial charge in [-0.3, -0.25) is 0 Å². The molecule has 158 valence electrons. The Balaban J connectivity index is 1.63. The van der Waals surface area contributed by atoms with Crippen molar-refractivity contribution in [3.8, 4) is 0 Å². The van der Waals surface area contributed by atoms with Crippen LogP contribution in [0.15, 0.2) is 120 Å². The number of benzene rings is 4. The second-order valence-electron chi connectivity index (χ2n) is 8.37. The van der Waals surface area contributed by atoms with Gasteiger partial charge in [-0.05, 0) is 43.4 Å². The third-order valence-corrected chi connectivity index (χ3v) is 12.3. The summed E-state index contributed by atoms with van der Waals surface area (Å²) in [6.07, 6.45) is 4.51. The first-order valence-corrected chi connectivity index (χ1v) is 14.4. The summed E-state index contributed by atoms with van der Waals surface area (Å²) in [5, 5.41) is 4.13. The van der Waals surface area contributed by atoms with E-state index in [9.17, 15) is 0 Å². The molecule has 0 heterocycles. The Kier molecular flexibility index (Phi) is 5.14. The Morgan fingerprint density at radius 2 is 1.15 bits per heavy atom. The van der Waals surface area contributed by atoms with Crippen molar-refractivity contribution in [3.05, 3.63) is 160 Å². The highest BCUT2D eigenvalue weighted by molar-refractivity contribution is 7.36. The van der Waals surface area contributed by atoms with E-state index in [1.165, 1.54) is 11.1 Å². The number of rotatable bonds is 4. The third kappa shape index (κ3) is 3.26. The zero-order valence-electron chi connectivity index (χ0n) is 17.8. The molecule has 0 saturated heterocycles. The highest BCUT2D eigenvalue weighted by atomic mass is 35.6. The predicted molar refractivity (Wildman–Crippen MR) is 143 cm³/mol. The Morgan fingerprint density at radius 1 is 0.576 bits per heavy atom. The fourth-order valence-electron chi connectivity index (χ4n) is 4.97. The largest absolute Gasteiger partial charge is 0.243 e. The monoisotopic (exact) mass is 478 g/mol. The minimum absolute atomic E-state index is 0.764. The molecule has 2 radical (unpaired) electrons. The van der Waals surface area contributed by atoms with Crippen LogP contribution in [-0.4, -0.2) is 7.38 Å². The second-order valence-corrected chi connectivity index (χ2v) is 13.4. The van der Waals surface area contributed by atoms with Crippen molar-refractivity contribution in [2.24, 2.45) is 0 Å². The van der Waals surface area contributed by atoms with Gasteiger partial charge in [-0.2, -0.15) is 0 Å². The molecule has 0 nitrogen and oxygen atoms in total. The van der Waals surface area contributed by atoms with Gasteiger partial charge in [0.1, 0.15) is 0 Å². The molecule has 0 amide bonds. The first-order valence-electron chi connectivity index (χ1n) is 11.0. The van der Waals surface area contributed by atoms with Gasteiger partial charge in [-0.15, -0.1) is 11.1 Å². The quantitative estimate of drug-likeness (QED) is 0.211. The zero-order valence-corrected chi connectivity index (χ0v) is 20.3. The van der Waals surface area contributed by atoms with E-state index in [0.29, 0.717) is 0 Å². The first-order chi connectivity index (χ1) is 16.2. The fourth-order valence-corrected chi connectivity index (χ4v) is 10.4. The summed E-state index contributed by atoms with van der Waals surface area (Å²) in [5.74, 6) is 1.15. The molecule has 2 aliphatic rings. The van der Waals surface area contributed by atoms with Gasteiger partial charge in [0.05, 0.1) is 5.92 Å². The summed E-state index contributed by atoms with van der Waals surface area (Å²) in [4.78, 5) is 0. The summed E-state index contributed by atoms with van der Waals surface area (Å²) in [6, 6.07) is 37.8. The van der Waals surface area contributed by atoms with E-state index in [1.54, 1.807) is 0 Å². The van der Waals surface area contributed by atoms with Crippen LogP contribution < -0.4 is 5.19 Å². The average molecular weight is 479 g/mol. The van der Waals surface area contributed by atoms with Crippen LogP contribution in [0.2, 0.25) is 0 Å². The standard InChI is InChI=1S/C30H20Cl2Si/c31-29-27-18-10-9-17-26(27)28(21-11-3-1-4-12-21)30(29)33(32,24-15-5-2-6-16-24)25-19-22-13-7-8-14-23(22)20-25/h1-20H. The molecule has 3 heteroatoms. The molecule has 1 unspecified atom stereocenters. The smallest absolute Gasteiger partial charge is 0.149 e. The van der Waals surface area contributed by atoms with Gasteiger partial charge < -0.3 is 0 Å². The molecule has 0 bridgehead atoms. The molecule has 0 aromatic heterocycles. The van der Waals surface area contributed by atoms with Crippen molar-refractivity contribution in [1.82, 2.24) is 0 Å². The molecular formula is C30H20Cl2Si. The van der Waals surface area contributed by atoms with Crippen LogP contribution in [0.3, 0.4) is 0 Å². The Hall–Kier alpha value is -2.84.